The molecule has 2 heterocycles. The van der Waals surface area contributed by atoms with E-state index in [0.717, 1.165) is 18.7 Å². The first-order chi connectivity index (χ1) is 18.0. The van der Waals surface area contributed by atoms with Crippen molar-refractivity contribution in [1.82, 2.24) is 14.9 Å². The first-order valence-electron chi connectivity index (χ1n) is 12.1. The summed E-state index contributed by atoms with van der Waals surface area (Å²) in [6.45, 7) is 4.51. The Bertz CT molecular complexity index is 1340. The number of nitrogens with one attached hydrogen (secondary N) is 1. The van der Waals surface area contributed by atoms with Crippen molar-refractivity contribution in [1.29, 1.82) is 0 Å². The molecule has 0 saturated carbocycles. The summed E-state index contributed by atoms with van der Waals surface area (Å²) in [4.78, 5) is 24.7. The molecule has 5 rings (SSSR count). The summed E-state index contributed by atoms with van der Waals surface area (Å²) in [6.07, 6.45) is 1.37. The van der Waals surface area contributed by atoms with E-state index >= 15 is 0 Å². The molecule has 8 nitrogen and oxygen atoms in total. The van der Waals surface area contributed by atoms with Crippen molar-refractivity contribution in [3.05, 3.63) is 117 Å². The second-order valence-corrected chi connectivity index (χ2v) is 9.34. The fourth-order valence-electron chi connectivity index (χ4n) is 4.81. The maximum Gasteiger partial charge on any atom is 0.353 e. The van der Waals surface area contributed by atoms with Crippen LogP contribution >= 0.6 is 11.6 Å². The Hall–Kier alpha value is -4.01. The van der Waals surface area contributed by atoms with Gasteiger partial charge in [0.15, 0.2) is 0 Å². The molecule has 188 valence electrons. The summed E-state index contributed by atoms with van der Waals surface area (Å²) in [5.74, 6) is 0.465. The number of nitrogens with zero attached hydrogens (tertiary/aromatic N) is 5. The average Bonchev–Trinajstić information content (AvgIpc) is 2.93. The van der Waals surface area contributed by atoms with Gasteiger partial charge in [-0.1, -0.05) is 78.3 Å². The lowest BCUT2D eigenvalue weighted by Crippen LogP contribution is -2.48. The van der Waals surface area contributed by atoms with E-state index < -0.39 is 4.92 Å². The topological polar surface area (TPSA) is 87.4 Å². The molecule has 4 aromatic rings. The summed E-state index contributed by atoms with van der Waals surface area (Å²) in [5.41, 5.74) is 3.76. The third-order valence-corrected chi connectivity index (χ3v) is 7.13. The van der Waals surface area contributed by atoms with E-state index in [-0.39, 0.29) is 17.5 Å². The van der Waals surface area contributed by atoms with E-state index in [4.69, 9.17) is 11.6 Å². The largest absolute Gasteiger partial charge is 0.353 e. The lowest BCUT2D eigenvalue weighted by molar-refractivity contribution is -0.383. The van der Waals surface area contributed by atoms with Crippen molar-refractivity contribution in [3.8, 4) is 0 Å². The molecule has 9 heteroatoms. The summed E-state index contributed by atoms with van der Waals surface area (Å²) >= 11 is 6.24. The molecule has 0 amide bonds. The number of nitro groups is 1. The van der Waals surface area contributed by atoms with Gasteiger partial charge in [-0.2, -0.15) is 0 Å². The van der Waals surface area contributed by atoms with Crippen LogP contribution in [-0.2, 0) is 0 Å². The zero-order valence-corrected chi connectivity index (χ0v) is 21.2. The summed E-state index contributed by atoms with van der Waals surface area (Å²) in [5, 5.41) is 15.9. The van der Waals surface area contributed by atoms with Gasteiger partial charge in [-0.3, -0.25) is 15.0 Å². The average molecular weight is 515 g/mol. The molecule has 1 aliphatic rings. The van der Waals surface area contributed by atoms with Gasteiger partial charge < -0.3 is 10.2 Å². The van der Waals surface area contributed by atoms with Crippen molar-refractivity contribution >= 4 is 34.6 Å². The fourth-order valence-corrected chi connectivity index (χ4v) is 4.98. The van der Waals surface area contributed by atoms with Crippen LogP contribution < -0.4 is 10.2 Å². The molecular weight excluding hydrogens is 488 g/mol. The molecule has 0 aliphatic carbocycles. The van der Waals surface area contributed by atoms with Crippen LogP contribution in [0, 0.1) is 17.0 Å². The number of rotatable bonds is 7. The molecule has 1 fully saturated rings. The Morgan fingerprint density at radius 3 is 2.11 bits per heavy atom. The lowest BCUT2D eigenvalue weighted by atomic mass is 9.96. The standard InChI is InChI=1S/C28H27ClN6O2/c1-20-23(29)13-8-14-24(20)32-27-26(35(36)37)28(31-19-30-27)34-17-15-33(16-18-34)25(21-9-4-2-5-10-21)22-11-6-3-7-12-22/h2-14,19,25H,15-18H2,1H3,(H,30,31,32). The maximum absolute atomic E-state index is 12.2. The Labute approximate surface area is 220 Å². The zero-order valence-electron chi connectivity index (χ0n) is 20.4. The molecule has 3 aromatic carbocycles. The number of hydrogen-bond donors (Lipinski definition) is 1. The second-order valence-electron chi connectivity index (χ2n) is 8.94. The first kappa shape index (κ1) is 24.7. The Balaban J connectivity index is 1.40. The quantitative estimate of drug-likeness (QED) is 0.239. The van der Waals surface area contributed by atoms with Gasteiger partial charge in [-0.25, -0.2) is 9.97 Å². The third-order valence-electron chi connectivity index (χ3n) is 6.72. The zero-order chi connectivity index (χ0) is 25.8. The summed E-state index contributed by atoms with van der Waals surface area (Å²) in [6, 6.07) is 26.4. The van der Waals surface area contributed by atoms with Gasteiger partial charge in [0.25, 0.3) is 0 Å². The first-order valence-corrected chi connectivity index (χ1v) is 12.5. The van der Waals surface area contributed by atoms with E-state index in [1.807, 2.05) is 30.0 Å². The van der Waals surface area contributed by atoms with E-state index in [2.05, 4.69) is 68.7 Å². The fraction of sp³-hybridized carbons (Fsp3) is 0.214. The maximum atomic E-state index is 12.2. The number of hydrogen-bond acceptors (Lipinski definition) is 7. The Morgan fingerprint density at radius 2 is 1.51 bits per heavy atom. The minimum atomic E-state index is -0.416. The Kier molecular flexibility index (Phi) is 7.30. The minimum Gasteiger partial charge on any atom is -0.348 e. The molecule has 1 aliphatic heterocycles. The highest BCUT2D eigenvalue weighted by Crippen LogP contribution is 2.36. The molecule has 0 bridgehead atoms. The van der Waals surface area contributed by atoms with Crippen molar-refractivity contribution in [2.45, 2.75) is 13.0 Å². The molecule has 1 saturated heterocycles. The van der Waals surface area contributed by atoms with Crippen LogP contribution in [0.1, 0.15) is 22.7 Å². The SMILES string of the molecule is Cc1c(Cl)cccc1Nc1ncnc(N2CCN(C(c3ccccc3)c3ccccc3)CC2)c1[N+](=O)[O-]. The van der Waals surface area contributed by atoms with Crippen molar-refractivity contribution < 1.29 is 4.92 Å². The third kappa shape index (κ3) is 5.26. The number of piperazine rings is 1. The van der Waals surface area contributed by atoms with Gasteiger partial charge in [-0.15, -0.1) is 0 Å². The van der Waals surface area contributed by atoms with Crippen molar-refractivity contribution in [2.24, 2.45) is 0 Å². The van der Waals surface area contributed by atoms with Crippen LogP contribution in [0.4, 0.5) is 23.0 Å². The predicted molar refractivity (Wildman–Crippen MR) is 147 cm³/mol. The predicted octanol–water partition coefficient (Wildman–Crippen LogP) is 6.00. The molecule has 0 radical (unpaired) electrons. The molecular formula is C28H27ClN6O2. The number of aromatic nitrogens is 2. The van der Waals surface area contributed by atoms with Crippen LogP contribution in [0.25, 0.3) is 0 Å². The number of halogens is 1. The summed E-state index contributed by atoms with van der Waals surface area (Å²) in [7, 11) is 0. The van der Waals surface area contributed by atoms with Crippen LogP contribution in [0.5, 0.6) is 0 Å². The van der Waals surface area contributed by atoms with Gasteiger partial charge >= 0.3 is 5.69 Å². The molecule has 0 spiro atoms. The van der Waals surface area contributed by atoms with Crippen molar-refractivity contribution in [2.75, 3.05) is 36.4 Å². The molecule has 0 unspecified atom stereocenters. The van der Waals surface area contributed by atoms with Gasteiger partial charge in [0.1, 0.15) is 6.33 Å². The van der Waals surface area contributed by atoms with Crippen LogP contribution in [-0.4, -0.2) is 46.0 Å². The van der Waals surface area contributed by atoms with Gasteiger partial charge in [-0.05, 0) is 35.7 Å². The highest BCUT2D eigenvalue weighted by Gasteiger charge is 2.32. The van der Waals surface area contributed by atoms with E-state index in [0.29, 0.717) is 29.6 Å². The van der Waals surface area contributed by atoms with Gasteiger partial charge in [0, 0.05) is 36.9 Å². The molecule has 37 heavy (non-hydrogen) atoms. The number of benzene rings is 3. The van der Waals surface area contributed by atoms with Crippen LogP contribution in [0.3, 0.4) is 0 Å². The smallest absolute Gasteiger partial charge is 0.348 e. The molecule has 0 atom stereocenters. The van der Waals surface area contributed by atoms with E-state index in [1.165, 1.54) is 17.5 Å². The molecule has 1 N–H and O–H groups in total. The second kappa shape index (κ2) is 10.9. The summed E-state index contributed by atoms with van der Waals surface area (Å²) < 4.78 is 0. The lowest BCUT2D eigenvalue weighted by Gasteiger charge is -2.40. The van der Waals surface area contributed by atoms with Crippen molar-refractivity contribution in [3.63, 3.8) is 0 Å². The van der Waals surface area contributed by atoms with Crippen LogP contribution in [0.15, 0.2) is 85.2 Å². The number of anilines is 3. The van der Waals surface area contributed by atoms with Gasteiger partial charge in [0.2, 0.25) is 11.6 Å². The normalized spacial score (nSPS) is 14.1. The Morgan fingerprint density at radius 1 is 0.892 bits per heavy atom. The monoisotopic (exact) mass is 514 g/mol. The minimum absolute atomic E-state index is 0.105. The highest BCUT2D eigenvalue weighted by atomic mass is 35.5. The highest BCUT2D eigenvalue weighted by molar-refractivity contribution is 6.31. The molecule has 1 aromatic heterocycles. The van der Waals surface area contributed by atoms with E-state index in [1.54, 1.807) is 12.1 Å². The van der Waals surface area contributed by atoms with Gasteiger partial charge in [0.05, 0.1) is 11.0 Å². The van der Waals surface area contributed by atoms with Crippen LogP contribution in [0.2, 0.25) is 5.02 Å². The van der Waals surface area contributed by atoms with E-state index in [9.17, 15) is 10.1 Å².